The van der Waals surface area contributed by atoms with Gasteiger partial charge >= 0.3 is 0 Å². The number of ether oxygens (including phenoxy) is 1. The van der Waals surface area contributed by atoms with Crippen LogP contribution in [0.3, 0.4) is 0 Å². The zero-order valence-electron chi connectivity index (χ0n) is 21.5. The number of aromatic nitrogens is 1. The van der Waals surface area contributed by atoms with E-state index in [1.165, 1.54) is 11.8 Å². The van der Waals surface area contributed by atoms with Gasteiger partial charge in [0.25, 0.3) is 11.5 Å². The Morgan fingerprint density at radius 1 is 1.11 bits per heavy atom. The predicted molar refractivity (Wildman–Crippen MR) is 156 cm³/mol. The van der Waals surface area contributed by atoms with Crippen molar-refractivity contribution in [2.75, 3.05) is 12.4 Å². The van der Waals surface area contributed by atoms with Crippen molar-refractivity contribution in [2.24, 2.45) is 0 Å². The Bertz CT molecular complexity index is 1490. The van der Waals surface area contributed by atoms with Crippen molar-refractivity contribution in [2.45, 2.75) is 39.9 Å². The van der Waals surface area contributed by atoms with Gasteiger partial charge in [-0.3, -0.25) is 19.1 Å². The second kappa shape index (κ2) is 12.1. The summed E-state index contributed by atoms with van der Waals surface area (Å²) < 4.78 is 7.30. The van der Waals surface area contributed by atoms with Crippen LogP contribution in [0.15, 0.2) is 64.3 Å². The average Bonchev–Trinajstić information content (AvgIpc) is 3.19. The third kappa shape index (κ3) is 5.67. The Kier molecular flexibility index (Phi) is 8.66. The van der Waals surface area contributed by atoms with Crippen LogP contribution in [-0.2, 0) is 24.4 Å². The fourth-order valence-corrected chi connectivity index (χ4v) is 5.49. The number of rotatable bonds is 9. The number of methoxy groups -OCH3 is 1. The van der Waals surface area contributed by atoms with Crippen LogP contribution in [0.4, 0.5) is 5.82 Å². The number of nitrogens with one attached hydrogen (secondary N) is 1. The molecule has 1 aromatic heterocycles. The number of benzene rings is 2. The Morgan fingerprint density at radius 3 is 2.45 bits per heavy atom. The fraction of sp³-hybridized carbons (Fsp3) is 0.241. The van der Waals surface area contributed by atoms with Crippen LogP contribution in [0.25, 0.3) is 6.08 Å². The molecule has 3 aromatic rings. The number of thioether (sulfide) groups is 1. The average molecular weight is 545 g/mol. The number of nitriles is 1. The molecule has 0 unspecified atom stereocenters. The van der Waals surface area contributed by atoms with E-state index >= 15 is 0 Å². The summed E-state index contributed by atoms with van der Waals surface area (Å²) in [6, 6.07) is 19.4. The van der Waals surface area contributed by atoms with Gasteiger partial charge < -0.3 is 10.1 Å². The van der Waals surface area contributed by atoms with Crippen molar-refractivity contribution in [3.05, 3.63) is 97.7 Å². The van der Waals surface area contributed by atoms with Crippen LogP contribution in [0.2, 0.25) is 0 Å². The molecule has 7 nitrogen and oxygen atoms in total. The van der Waals surface area contributed by atoms with Gasteiger partial charge in [-0.2, -0.15) is 5.26 Å². The van der Waals surface area contributed by atoms with Crippen molar-refractivity contribution in [3.8, 4) is 11.8 Å². The van der Waals surface area contributed by atoms with E-state index in [1.807, 2.05) is 61.5 Å². The molecule has 1 aliphatic heterocycles. The number of thiocarbonyl (C=S) groups is 1. The highest BCUT2D eigenvalue weighted by Crippen LogP contribution is 2.36. The number of amides is 1. The molecule has 1 fully saturated rings. The van der Waals surface area contributed by atoms with Gasteiger partial charge in [-0.1, -0.05) is 73.4 Å². The first-order valence-corrected chi connectivity index (χ1v) is 13.4. The van der Waals surface area contributed by atoms with Gasteiger partial charge in [0.2, 0.25) is 0 Å². The molecule has 194 valence electrons. The standard InChI is InChI=1S/C29H28N4O3S2/c1-4-14-32-26(31-17-20-10-12-22(36-3)13-11-20)23(19(2)24(16-30)27(32)34)15-25-28(35)33(29(37)38-25)18-21-8-6-5-7-9-21/h5-13,15,31H,4,14,17-18H2,1-3H3/b25-15+. The number of hydrogen-bond acceptors (Lipinski definition) is 7. The molecular formula is C29H28N4O3S2. The maximum absolute atomic E-state index is 13.4. The first-order chi connectivity index (χ1) is 18.4. The normalized spacial score (nSPS) is 14.2. The topological polar surface area (TPSA) is 87.4 Å². The minimum Gasteiger partial charge on any atom is -0.497 e. The molecule has 0 atom stereocenters. The van der Waals surface area contributed by atoms with Gasteiger partial charge in [-0.05, 0) is 48.2 Å². The quantitative estimate of drug-likeness (QED) is 0.283. The molecule has 0 aliphatic carbocycles. The molecule has 2 heterocycles. The Hall–Kier alpha value is -3.87. The number of carbonyl (C=O) groups is 1. The third-order valence-corrected chi connectivity index (χ3v) is 7.65. The number of anilines is 1. The smallest absolute Gasteiger partial charge is 0.270 e. The van der Waals surface area contributed by atoms with Crippen LogP contribution in [-0.4, -0.2) is 26.8 Å². The number of pyridine rings is 1. The van der Waals surface area contributed by atoms with Crippen LogP contribution >= 0.6 is 24.0 Å². The summed E-state index contributed by atoms with van der Waals surface area (Å²) in [5.41, 5.74) is 2.84. The van der Waals surface area contributed by atoms with Gasteiger partial charge in [0.05, 0.1) is 18.6 Å². The summed E-state index contributed by atoms with van der Waals surface area (Å²) >= 11 is 6.77. The molecule has 1 saturated heterocycles. The summed E-state index contributed by atoms with van der Waals surface area (Å²) in [4.78, 5) is 28.7. The Morgan fingerprint density at radius 2 is 1.82 bits per heavy atom. The van der Waals surface area contributed by atoms with Crippen molar-refractivity contribution in [1.82, 2.24) is 9.47 Å². The van der Waals surface area contributed by atoms with Gasteiger partial charge in [0, 0.05) is 18.7 Å². The van der Waals surface area contributed by atoms with E-state index in [0.717, 1.165) is 16.9 Å². The molecule has 1 N–H and O–H groups in total. The van der Waals surface area contributed by atoms with Crippen molar-refractivity contribution in [1.29, 1.82) is 5.26 Å². The summed E-state index contributed by atoms with van der Waals surface area (Å²) in [7, 11) is 1.62. The highest BCUT2D eigenvalue weighted by atomic mass is 32.2. The van der Waals surface area contributed by atoms with E-state index in [1.54, 1.807) is 29.6 Å². The highest BCUT2D eigenvalue weighted by molar-refractivity contribution is 8.26. The van der Waals surface area contributed by atoms with Crippen molar-refractivity contribution >= 4 is 46.1 Å². The predicted octanol–water partition coefficient (Wildman–Crippen LogP) is 5.46. The number of hydrogen-bond donors (Lipinski definition) is 1. The largest absolute Gasteiger partial charge is 0.497 e. The lowest BCUT2D eigenvalue weighted by Gasteiger charge is -2.20. The molecule has 38 heavy (non-hydrogen) atoms. The molecule has 9 heteroatoms. The van der Waals surface area contributed by atoms with Crippen LogP contribution in [0.5, 0.6) is 5.75 Å². The second-order valence-corrected chi connectivity index (χ2v) is 10.5. The Labute approximate surface area is 231 Å². The van der Waals surface area contributed by atoms with E-state index in [2.05, 4.69) is 11.4 Å². The molecule has 1 amide bonds. The summed E-state index contributed by atoms with van der Waals surface area (Å²) in [6.45, 7) is 4.96. The second-order valence-electron chi connectivity index (χ2n) is 8.79. The Balaban J connectivity index is 1.76. The van der Waals surface area contributed by atoms with E-state index in [0.29, 0.717) is 52.2 Å². The van der Waals surface area contributed by atoms with Crippen LogP contribution < -0.4 is 15.6 Å². The minimum atomic E-state index is -0.349. The van der Waals surface area contributed by atoms with Gasteiger partial charge in [0.1, 0.15) is 27.5 Å². The van der Waals surface area contributed by atoms with Crippen LogP contribution in [0, 0.1) is 18.3 Å². The first-order valence-electron chi connectivity index (χ1n) is 12.2. The molecule has 0 saturated carbocycles. The maximum atomic E-state index is 13.4. The van der Waals surface area contributed by atoms with Gasteiger partial charge in [0.15, 0.2) is 0 Å². The lowest BCUT2D eigenvalue weighted by molar-refractivity contribution is -0.122. The summed E-state index contributed by atoms with van der Waals surface area (Å²) in [6.07, 6.45) is 2.45. The van der Waals surface area contributed by atoms with Crippen molar-refractivity contribution in [3.63, 3.8) is 0 Å². The first kappa shape index (κ1) is 27.2. The monoisotopic (exact) mass is 544 g/mol. The van der Waals surface area contributed by atoms with Crippen molar-refractivity contribution < 1.29 is 9.53 Å². The molecule has 0 radical (unpaired) electrons. The molecule has 2 aromatic carbocycles. The lowest BCUT2D eigenvalue weighted by Crippen LogP contribution is -2.28. The summed E-state index contributed by atoms with van der Waals surface area (Å²) in [5, 5.41) is 13.2. The van der Waals surface area contributed by atoms with E-state index in [-0.39, 0.29) is 17.0 Å². The molecule has 4 rings (SSSR count). The number of nitrogens with zero attached hydrogens (tertiary/aromatic N) is 3. The van der Waals surface area contributed by atoms with E-state index < -0.39 is 0 Å². The van der Waals surface area contributed by atoms with E-state index in [4.69, 9.17) is 17.0 Å². The van der Waals surface area contributed by atoms with E-state index in [9.17, 15) is 14.9 Å². The zero-order valence-corrected chi connectivity index (χ0v) is 23.1. The molecule has 0 bridgehead atoms. The summed E-state index contributed by atoms with van der Waals surface area (Å²) in [5.74, 6) is 1.12. The third-order valence-electron chi connectivity index (χ3n) is 6.27. The fourth-order valence-electron chi connectivity index (χ4n) is 4.25. The van der Waals surface area contributed by atoms with Gasteiger partial charge in [-0.15, -0.1) is 0 Å². The molecule has 1 aliphatic rings. The van der Waals surface area contributed by atoms with Crippen LogP contribution in [0.1, 0.15) is 41.2 Å². The maximum Gasteiger partial charge on any atom is 0.270 e. The lowest BCUT2D eigenvalue weighted by atomic mass is 10.0. The zero-order chi connectivity index (χ0) is 27.2. The van der Waals surface area contributed by atoms with Gasteiger partial charge in [-0.25, -0.2) is 0 Å². The minimum absolute atomic E-state index is 0.0689. The SMILES string of the molecule is CCCn1c(NCc2ccc(OC)cc2)c(/C=C2/SC(=S)N(Cc3ccccc3)C2=O)c(C)c(C#N)c1=O. The highest BCUT2D eigenvalue weighted by Gasteiger charge is 2.33. The number of carbonyl (C=O) groups excluding carboxylic acids is 1. The molecule has 0 spiro atoms. The molecular weight excluding hydrogens is 516 g/mol.